The minimum absolute atomic E-state index is 0.000634. The largest absolute Gasteiger partial charge is 0.543 e. The van der Waals surface area contributed by atoms with Crippen LogP contribution >= 0.6 is 0 Å². The Morgan fingerprint density at radius 2 is 1.77 bits per heavy atom. The highest BCUT2D eigenvalue weighted by atomic mass is 16.4. The van der Waals surface area contributed by atoms with E-state index in [2.05, 4.69) is 22.4 Å². The van der Waals surface area contributed by atoms with Crippen LogP contribution in [0.15, 0.2) is 54.6 Å². The van der Waals surface area contributed by atoms with Gasteiger partial charge in [0, 0.05) is 16.9 Å². The fourth-order valence-corrected chi connectivity index (χ4v) is 3.14. The molecule has 2 N–H and O–H groups in total. The quantitative estimate of drug-likeness (QED) is 0.686. The first kappa shape index (κ1) is 17.7. The van der Waals surface area contributed by atoms with Crippen LogP contribution < -0.4 is 10.4 Å². The third kappa shape index (κ3) is 4.11. The molecule has 3 rings (SSSR count). The van der Waals surface area contributed by atoms with E-state index in [9.17, 15) is 14.7 Å². The van der Waals surface area contributed by atoms with Gasteiger partial charge < -0.3 is 20.2 Å². The highest BCUT2D eigenvalue weighted by molar-refractivity contribution is 5.99. The highest BCUT2D eigenvalue weighted by Gasteiger charge is 2.16. The summed E-state index contributed by atoms with van der Waals surface area (Å²) in [4.78, 5) is 26.6. The minimum Gasteiger partial charge on any atom is -0.543 e. The molecular formula is C21H21N2O3-. The van der Waals surface area contributed by atoms with Gasteiger partial charge in [0.1, 0.15) is 0 Å². The van der Waals surface area contributed by atoms with Gasteiger partial charge in [-0.3, -0.25) is 4.79 Å². The van der Waals surface area contributed by atoms with Crippen LogP contribution in [0.2, 0.25) is 0 Å². The van der Waals surface area contributed by atoms with Gasteiger partial charge in [-0.05, 0) is 37.0 Å². The lowest BCUT2D eigenvalue weighted by Crippen LogP contribution is -2.34. The molecule has 5 heteroatoms. The van der Waals surface area contributed by atoms with Crippen molar-refractivity contribution >= 4 is 22.8 Å². The molecule has 0 saturated heterocycles. The second kappa shape index (κ2) is 7.87. The number of carbonyl (C=O) groups excluding carboxylic acids is 2. The van der Waals surface area contributed by atoms with Gasteiger partial charge in [0.25, 0.3) is 0 Å². The maximum atomic E-state index is 12.4. The number of aromatic nitrogens is 1. The van der Waals surface area contributed by atoms with Crippen LogP contribution in [0, 0.1) is 0 Å². The molecule has 0 saturated carbocycles. The van der Waals surface area contributed by atoms with Gasteiger partial charge in [0.15, 0.2) is 0 Å². The van der Waals surface area contributed by atoms with E-state index < -0.39 is 5.97 Å². The van der Waals surface area contributed by atoms with Crippen molar-refractivity contribution in [1.82, 2.24) is 10.3 Å². The summed E-state index contributed by atoms with van der Waals surface area (Å²) >= 11 is 0. The molecule has 1 heterocycles. The molecule has 0 fully saturated rings. The molecule has 0 aliphatic heterocycles. The van der Waals surface area contributed by atoms with E-state index in [0.717, 1.165) is 18.2 Å². The van der Waals surface area contributed by atoms with Crippen molar-refractivity contribution in [2.24, 2.45) is 0 Å². The van der Waals surface area contributed by atoms with Crippen LogP contribution in [0.4, 0.5) is 0 Å². The second-order valence-corrected chi connectivity index (χ2v) is 6.48. The molecule has 26 heavy (non-hydrogen) atoms. The van der Waals surface area contributed by atoms with Gasteiger partial charge in [-0.2, -0.15) is 0 Å². The van der Waals surface area contributed by atoms with Gasteiger partial charge in [-0.15, -0.1) is 0 Å². The average molecular weight is 349 g/mol. The summed E-state index contributed by atoms with van der Waals surface area (Å²) in [5.74, 6) is -1.50. The monoisotopic (exact) mass is 349 g/mol. The number of carboxylic acid groups (broad SMARTS) is 1. The van der Waals surface area contributed by atoms with E-state index in [4.69, 9.17) is 0 Å². The molecule has 5 nitrogen and oxygen atoms in total. The smallest absolute Gasteiger partial charge is 0.224 e. The summed E-state index contributed by atoms with van der Waals surface area (Å²) in [5, 5.41) is 15.1. The number of rotatable bonds is 7. The molecule has 0 aliphatic rings. The van der Waals surface area contributed by atoms with Crippen molar-refractivity contribution < 1.29 is 14.7 Å². The Morgan fingerprint density at radius 3 is 2.50 bits per heavy atom. The Morgan fingerprint density at radius 1 is 1.08 bits per heavy atom. The van der Waals surface area contributed by atoms with Crippen LogP contribution in [0.5, 0.6) is 0 Å². The van der Waals surface area contributed by atoms with Crippen LogP contribution in [0.3, 0.4) is 0 Å². The topological polar surface area (TPSA) is 85.0 Å². The molecule has 0 radical (unpaired) electrons. The number of hydrogen-bond acceptors (Lipinski definition) is 3. The van der Waals surface area contributed by atoms with E-state index in [1.54, 1.807) is 12.1 Å². The first-order valence-corrected chi connectivity index (χ1v) is 8.69. The van der Waals surface area contributed by atoms with Crippen molar-refractivity contribution in [2.45, 2.75) is 32.2 Å². The predicted octanol–water partition coefficient (Wildman–Crippen LogP) is 2.21. The van der Waals surface area contributed by atoms with E-state index >= 15 is 0 Å². The molecule has 1 atom stereocenters. The number of aromatic carboxylic acids is 1. The number of carboxylic acids is 1. The lowest BCUT2D eigenvalue weighted by Gasteiger charge is -2.14. The fourth-order valence-electron chi connectivity index (χ4n) is 3.14. The van der Waals surface area contributed by atoms with E-state index in [-0.39, 0.29) is 24.1 Å². The molecule has 1 amide bonds. The second-order valence-electron chi connectivity index (χ2n) is 6.48. The molecule has 0 bridgehead atoms. The standard InChI is InChI=1S/C21H22N2O3/c1-14(11-12-15-7-3-2-4-8-15)22-19(24)13-17-16-9-5-6-10-18(16)23-20(17)21(25)26/h2-10,14,23H,11-13H2,1H3,(H,22,24)(H,25,26)/p-1. The first-order valence-electron chi connectivity index (χ1n) is 8.69. The van der Waals surface area contributed by atoms with Crippen molar-refractivity contribution in [3.05, 3.63) is 71.4 Å². The number of para-hydroxylation sites is 1. The maximum Gasteiger partial charge on any atom is 0.224 e. The van der Waals surface area contributed by atoms with E-state index in [0.29, 0.717) is 11.1 Å². The number of amides is 1. The molecule has 0 spiro atoms. The third-order valence-corrected chi connectivity index (χ3v) is 4.47. The average Bonchev–Trinajstić information content (AvgIpc) is 3.00. The van der Waals surface area contributed by atoms with E-state index in [1.807, 2.05) is 37.3 Å². The van der Waals surface area contributed by atoms with Crippen LogP contribution in [0.1, 0.15) is 35.0 Å². The van der Waals surface area contributed by atoms with Gasteiger partial charge >= 0.3 is 0 Å². The molecule has 1 aromatic heterocycles. The minimum atomic E-state index is -1.30. The molecule has 134 valence electrons. The van der Waals surface area contributed by atoms with Crippen LogP contribution in [-0.4, -0.2) is 22.9 Å². The zero-order chi connectivity index (χ0) is 18.5. The van der Waals surface area contributed by atoms with E-state index in [1.165, 1.54) is 5.56 Å². The number of aromatic amines is 1. The molecule has 3 aromatic rings. The summed E-state index contributed by atoms with van der Waals surface area (Å²) < 4.78 is 0. The Kier molecular flexibility index (Phi) is 5.37. The van der Waals surface area contributed by atoms with Crippen molar-refractivity contribution in [3.63, 3.8) is 0 Å². The molecule has 0 aliphatic carbocycles. The van der Waals surface area contributed by atoms with Crippen LogP contribution in [-0.2, 0) is 17.6 Å². The van der Waals surface area contributed by atoms with Crippen molar-refractivity contribution in [3.8, 4) is 0 Å². The number of carbonyl (C=O) groups is 2. The SMILES string of the molecule is CC(CCc1ccccc1)NC(=O)Cc1c(C(=O)[O-])[nH]c2ccccc12. The van der Waals surface area contributed by atoms with Gasteiger partial charge in [-0.1, -0.05) is 48.5 Å². The number of H-pyrrole nitrogens is 1. The Balaban J connectivity index is 1.65. The number of hydrogen-bond donors (Lipinski definition) is 2. The zero-order valence-corrected chi connectivity index (χ0v) is 14.6. The van der Waals surface area contributed by atoms with Crippen LogP contribution in [0.25, 0.3) is 10.9 Å². The summed E-state index contributed by atoms with van der Waals surface area (Å²) in [5.41, 5.74) is 2.35. The fraction of sp³-hybridized carbons (Fsp3) is 0.238. The highest BCUT2D eigenvalue weighted by Crippen LogP contribution is 2.22. The number of aryl methyl sites for hydroxylation is 1. The number of nitrogens with one attached hydrogen (secondary N) is 2. The van der Waals surface area contributed by atoms with Crippen molar-refractivity contribution in [1.29, 1.82) is 0 Å². The third-order valence-electron chi connectivity index (χ3n) is 4.47. The summed E-state index contributed by atoms with van der Waals surface area (Å²) in [6.07, 6.45) is 1.69. The molecule has 2 aromatic carbocycles. The lowest BCUT2D eigenvalue weighted by molar-refractivity contribution is -0.255. The Bertz CT molecular complexity index is 915. The zero-order valence-electron chi connectivity index (χ0n) is 14.6. The molecular weight excluding hydrogens is 328 g/mol. The first-order chi connectivity index (χ1) is 12.5. The predicted molar refractivity (Wildman–Crippen MR) is 98.7 cm³/mol. The summed E-state index contributed by atoms with van der Waals surface area (Å²) in [6, 6.07) is 17.3. The maximum absolute atomic E-state index is 12.4. The van der Waals surface area contributed by atoms with Crippen molar-refractivity contribution in [2.75, 3.05) is 0 Å². The molecule has 1 unspecified atom stereocenters. The van der Waals surface area contributed by atoms with Gasteiger partial charge in [-0.25, -0.2) is 0 Å². The Labute approximate surface area is 152 Å². The number of benzene rings is 2. The van der Waals surface area contributed by atoms with Gasteiger partial charge in [0.2, 0.25) is 5.91 Å². The Hall–Kier alpha value is -3.08. The summed E-state index contributed by atoms with van der Waals surface area (Å²) in [7, 11) is 0. The lowest BCUT2D eigenvalue weighted by atomic mass is 10.0. The summed E-state index contributed by atoms with van der Waals surface area (Å²) in [6.45, 7) is 1.95. The number of fused-ring (bicyclic) bond motifs is 1. The normalized spacial score (nSPS) is 12.0. The van der Waals surface area contributed by atoms with Gasteiger partial charge in [0.05, 0.1) is 18.1 Å².